The molecule has 2 fully saturated rings. The second kappa shape index (κ2) is 8.74. The van der Waals surface area contributed by atoms with E-state index in [0.717, 1.165) is 45.1 Å². The molecular weight excluding hydrogens is 368 g/mol. The lowest BCUT2D eigenvalue weighted by molar-refractivity contribution is 0.0687. The summed E-state index contributed by atoms with van der Waals surface area (Å²) in [5.41, 5.74) is 2.45. The molecule has 0 aromatic heterocycles. The van der Waals surface area contributed by atoms with Crippen molar-refractivity contribution >= 4 is 24.4 Å². The summed E-state index contributed by atoms with van der Waals surface area (Å²) in [6.45, 7) is 0.942. The molecule has 1 aromatic rings. The average Bonchev–Trinajstić information content (AvgIpc) is 2.91. The lowest BCUT2D eigenvalue weighted by Gasteiger charge is -2.36. The van der Waals surface area contributed by atoms with E-state index in [1.165, 1.54) is 17.7 Å². The van der Waals surface area contributed by atoms with Crippen molar-refractivity contribution in [2.45, 2.75) is 56.7 Å². The minimum atomic E-state index is -0.575. The summed E-state index contributed by atoms with van der Waals surface area (Å²) in [7, 11) is 0. The first-order valence-electron chi connectivity index (χ1n) is 10.3. The summed E-state index contributed by atoms with van der Waals surface area (Å²) in [5, 5.41) is 2.65. The monoisotopic (exact) mass is 394 g/mol. The first kappa shape index (κ1) is 19.6. The molecule has 1 N–H and O–H groups in total. The van der Waals surface area contributed by atoms with Gasteiger partial charge in [-0.25, -0.2) is 4.79 Å². The molecule has 4 rings (SSSR count). The summed E-state index contributed by atoms with van der Waals surface area (Å²) >= 11 is 0. The van der Waals surface area contributed by atoms with E-state index in [4.69, 9.17) is 4.74 Å². The van der Waals surface area contributed by atoms with Gasteiger partial charge in [-0.15, -0.1) is 0 Å². The predicted octanol–water partition coefficient (Wildman–Crippen LogP) is 4.13. The van der Waals surface area contributed by atoms with Crippen LogP contribution in [0, 0.1) is 0 Å². The number of nitrogens with one attached hydrogen (secondary N) is 1. The SMILES string of the molecule is O=Cc1ccc(C=O)c(NC(=O)OC2CC3CCCC2N3CC2=CC=CCC2)c1. The number of benzene rings is 1. The number of carbonyl (C=O) groups is 3. The summed E-state index contributed by atoms with van der Waals surface area (Å²) in [6.07, 6.45) is 13.5. The molecule has 2 saturated heterocycles. The molecule has 0 saturated carbocycles. The largest absolute Gasteiger partial charge is 0.444 e. The van der Waals surface area contributed by atoms with Crippen molar-refractivity contribution in [3.63, 3.8) is 0 Å². The number of hydrogen-bond donors (Lipinski definition) is 1. The molecule has 2 aliphatic heterocycles. The Morgan fingerprint density at radius 1 is 1.24 bits per heavy atom. The summed E-state index contributed by atoms with van der Waals surface area (Å²) in [4.78, 5) is 37.3. The first-order valence-corrected chi connectivity index (χ1v) is 10.3. The Hall–Kier alpha value is -2.73. The number of hydrogen-bond acceptors (Lipinski definition) is 5. The molecule has 1 aliphatic carbocycles. The van der Waals surface area contributed by atoms with Crippen LogP contribution in [-0.4, -0.2) is 48.3 Å². The van der Waals surface area contributed by atoms with Gasteiger partial charge in [-0.2, -0.15) is 0 Å². The number of ether oxygens (including phenoxy) is 1. The van der Waals surface area contributed by atoms with E-state index in [2.05, 4.69) is 28.4 Å². The van der Waals surface area contributed by atoms with Crippen LogP contribution in [0.15, 0.2) is 42.0 Å². The second-order valence-electron chi connectivity index (χ2n) is 8.00. The van der Waals surface area contributed by atoms with Gasteiger partial charge in [0.05, 0.1) is 5.69 Å². The standard InChI is InChI=1S/C23H26N2O4/c26-14-17-9-10-18(15-27)20(11-17)24-23(28)29-22-12-19-7-4-8-21(22)25(19)13-16-5-2-1-3-6-16/h1-2,5,9-11,14-15,19,21-22H,3-4,6-8,12-13H2,(H,24,28). The van der Waals surface area contributed by atoms with E-state index in [0.29, 0.717) is 35.4 Å². The highest BCUT2D eigenvalue weighted by Gasteiger charge is 2.45. The summed E-state index contributed by atoms with van der Waals surface area (Å²) in [5.74, 6) is 0. The van der Waals surface area contributed by atoms with Crippen molar-refractivity contribution in [2.75, 3.05) is 11.9 Å². The topological polar surface area (TPSA) is 75.7 Å². The van der Waals surface area contributed by atoms with Gasteiger partial charge in [0.2, 0.25) is 0 Å². The van der Waals surface area contributed by atoms with Crippen molar-refractivity contribution < 1.29 is 19.1 Å². The first-order chi connectivity index (χ1) is 14.2. The molecule has 3 unspecified atom stereocenters. The number of fused-ring (bicyclic) bond motifs is 2. The van der Waals surface area contributed by atoms with Crippen molar-refractivity contribution in [1.29, 1.82) is 0 Å². The Labute approximate surface area is 170 Å². The number of rotatable bonds is 6. The van der Waals surface area contributed by atoms with Gasteiger partial charge in [0.25, 0.3) is 0 Å². The zero-order valence-corrected chi connectivity index (χ0v) is 16.4. The van der Waals surface area contributed by atoms with Gasteiger partial charge < -0.3 is 4.74 Å². The molecule has 6 nitrogen and oxygen atoms in total. The average molecular weight is 394 g/mol. The number of nitrogens with zero attached hydrogens (tertiary/aromatic N) is 1. The Balaban J connectivity index is 1.42. The minimum absolute atomic E-state index is 0.156. The molecule has 1 amide bonds. The molecule has 3 atom stereocenters. The second-order valence-corrected chi connectivity index (χ2v) is 8.00. The van der Waals surface area contributed by atoms with Crippen LogP contribution in [0.4, 0.5) is 10.5 Å². The van der Waals surface area contributed by atoms with E-state index < -0.39 is 6.09 Å². The fraction of sp³-hybridized carbons (Fsp3) is 0.435. The van der Waals surface area contributed by atoms with Crippen molar-refractivity contribution in [1.82, 2.24) is 4.90 Å². The highest BCUT2D eigenvalue weighted by atomic mass is 16.6. The van der Waals surface area contributed by atoms with E-state index in [1.807, 2.05) is 0 Å². The molecule has 3 aliphatic rings. The van der Waals surface area contributed by atoms with Crippen LogP contribution >= 0.6 is 0 Å². The quantitative estimate of drug-likeness (QED) is 0.734. The molecule has 2 heterocycles. The van der Waals surface area contributed by atoms with Crippen LogP contribution in [0.25, 0.3) is 0 Å². The van der Waals surface area contributed by atoms with Gasteiger partial charge >= 0.3 is 6.09 Å². The molecular formula is C23H26N2O4. The molecule has 2 bridgehead atoms. The number of aldehydes is 2. The number of amides is 1. The molecule has 0 spiro atoms. The van der Waals surface area contributed by atoms with E-state index >= 15 is 0 Å². The predicted molar refractivity (Wildman–Crippen MR) is 110 cm³/mol. The molecule has 0 radical (unpaired) electrons. The highest BCUT2D eigenvalue weighted by Crippen LogP contribution is 2.38. The van der Waals surface area contributed by atoms with Crippen molar-refractivity contribution in [2.24, 2.45) is 0 Å². The maximum Gasteiger partial charge on any atom is 0.411 e. The van der Waals surface area contributed by atoms with Gasteiger partial charge in [-0.05, 0) is 37.8 Å². The van der Waals surface area contributed by atoms with Crippen LogP contribution in [0.1, 0.15) is 59.2 Å². The van der Waals surface area contributed by atoms with Crippen LogP contribution < -0.4 is 5.32 Å². The van der Waals surface area contributed by atoms with Gasteiger partial charge in [0.1, 0.15) is 12.4 Å². The normalized spacial score (nSPS) is 25.9. The molecule has 1 aromatic carbocycles. The summed E-state index contributed by atoms with van der Waals surface area (Å²) in [6, 6.07) is 5.23. The van der Waals surface area contributed by atoms with Gasteiger partial charge in [0.15, 0.2) is 6.29 Å². The minimum Gasteiger partial charge on any atom is -0.444 e. The number of carbonyl (C=O) groups excluding carboxylic acids is 3. The Bertz CT molecular complexity index is 860. The maximum atomic E-state index is 12.5. The Morgan fingerprint density at radius 2 is 2.14 bits per heavy atom. The highest BCUT2D eigenvalue weighted by molar-refractivity contribution is 5.95. The van der Waals surface area contributed by atoms with Gasteiger partial charge in [-0.3, -0.25) is 19.8 Å². The van der Waals surface area contributed by atoms with Gasteiger partial charge in [0, 0.05) is 36.2 Å². The smallest absolute Gasteiger partial charge is 0.411 e. The van der Waals surface area contributed by atoms with E-state index in [1.54, 1.807) is 6.07 Å². The zero-order valence-electron chi connectivity index (χ0n) is 16.4. The lowest BCUT2D eigenvalue weighted by atomic mass is 9.99. The fourth-order valence-electron chi connectivity index (χ4n) is 4.77. The fourth-order valence-corrected chi connectivity index (χ4v) is 4.77. The zero-order chi connectivity index (χ0) is 20.2. The van der Waals surface area contributed by atoms with Crippen LogP contribution in [0.5, 0.6) is 0 Å². The van der Waals surface area contributed by atoms with Crippen LogP contribution in [0.3, 0.4) is 0 Å². The van der Waals surface area contributed by atoms with Crippen molar-refractivity contribution in [3.8, 4) is 0 Å². The third kappa shape index (κ3) is 4.32. The van der Waals surface area contributed by atoms with Crippen LogP contribution in [-0.2, 0) is 4.74 Å². The summed E-state index contributed by atoms with van der Waals surface area (Å²) < 4.78 is 5.79. The lowest BCUT2D eigenvalue weighted by Crippen LogP contribution is -2.44. The Kier molecular flexibility index (Phi) is 5.90. The number of anilines is 1. The number of piperidine rings is 1. The van der Waals surface area contributed by atoms with Crippen molar-refractivity contribution in [3.05, 3.63) is 53.1 Å². The molecule has 6 heteroatoms. The van der Waals surface area contributed by atoms with Crippen LogP contribution in [0.2, 0.25) is 0 Å². The number of allylic oxidation sites excluding steroid dienone is 3. The maximum absolute atomic E-state index is 12.5. The third-order valence-electron chi connectivity index (χ3n) is 6.19. The van der Waals surface area contributed by atoms with Gasteiger partial charge in [-0.1, -0.05) is 36.3 Å². The van der Waals surface area contributed by atoms with E-state index in [-0.39, 0.29) is 12.1 Å². The Morgan fingerprint density at radius 3 is 2.90 bits per heavy atom. The van der Waals surface area contributed by atoms with E-state index in [9.17, 15) is 14.4 Å². The molecule has 29 heavy (non-hydrogen) atoms. The molecule has 152 valence electrons. The third-order valence-corrected chi connectivity index (χ3v) is 6.19.